The molecule has 3 aromatic carbocycles. The molecule has 0 unspecified atom stereocenters. The Morgan fingerprint density at radius 3 is 2.49 bits per heavy atom. The molecular formula is C28H20N4O5S2. The van der Waals surface area contributed by atoms with Crippen LogP contribution in [0.25, 0.3) is 37.0 Å². The third-order valence-corrected chi connectivity index (χ3v) is 8.24. The summed E-state index contributed by atoms with van der Waals surface area (Å²) < 4.78 is 6.76. The molecule has 2 aromatic heterocycles. The van der Waals surface area contributed by atoms with Crippen molar-refractivity contribution in [1.82, 2.24) is 9.97 Å². The molecule has 0 fully saturated rings. The van der Waals surface area contributed by atoms with Crippen LogP contribution >= 0.6 is 22.7 Å². The van der Waals surface area contributed by atoms with Crippen molar-refractivity contribution in [3.8, 4) is 26.8 Å². The number of carbonyl (C=O) groups is 2. The summed E-state index contributed by atoms with van der Waals surface area (Å²) in [6.45, 7) is 4.18. The number of carbonyl (C=O) groups excluding carboxylic acids is 1. The van der Waals surface area contributed by atoms with E-state index in [1.807, 2.05) is 24.3 Å². The van der Waals surface area contributed by atoms with Crippen LogP contribution in [-0.2, 0) is 0 Å². The molecule has 2 amide bonds. The summed E-state index contributed by atoms with van der Waals surface area (Å²) in [6.07, 6.45) is 0. The third-order valence-electron chi connectivity index (χ3n) is 6.13. The number of fused-ring (bicyclic) bond motifs is 2. The van der Waals surface area contributed by atoms with Crippen LogP contribution in [0.5, 0.6) is 5.75 Å². The van der Waals surface area contributed by atoms with Crippen LogP contribution in [0.2, 0.25) is 0 Å². The second kappa shape index (κ2) is 9.86. The van der Waals surface area contributed by atoms with E-state index < -0.39 is 5.97 Å². The molecule has 1 aliphatic rings. The van der Waals surface area contributed by atoms with Gasteiger partial charge in [0.05, 0.1) is 27.3 Å². The zero-order valence-corrected chi connectivity index (χ0v) is 21.9. The van der Waals surface area contributed by atoms with Gasteiger partial charge in [-0.1, -0.05) is 54.3 Å². The predicted molar refractivity (Wildman–Crippen MR) is 153 cm³/mol. The maximum atomic E-state index is 13.3. The number of aliphatic hydroxyl groups excluding tert-OH is 1. The van der Waals surface area contributed by atoms with Crippen LogP contribution in [0.1, 0.15) is 16.1 Å². The number of anilines is 2. The number of nitrogens with one attached hydrogen (secondary N) is 1. The van der Waals surface area contributed by atoms with Gasteiger partial charge in [-0.25, -0.2) is 19.6 Å². The SMILES string of the molecule is C=C(O)c1ccc(-c2sc(-c3ccc4c(c3)N(C(=O)Nc3nc5ccccc5s3)CCO4)nc2C(=O)O)cc1. The fourth-order valence-corrected chi connectivity index (χ4v) is 6.16. The lowest BCUT2D eigenvalue weighted by Crippen LogP contribution is -2.40. The number of aliphatic hydroxyl groups is 1. The summed E-state index contributed by atoms with van der Waals surface area (Å²) in [7, 11) is 0. The molecule has 0 radical (unpaired) electrons. The highest BCUT2D eigenvalue weighted by molar-refractivity contribution is 7.22. The molecule has 5 aromatic rings. The maximum absolute atomic E-state index is 13.3. The average Bonchev–Trinajstić information content (AvgIpc) is 3.57. The largest absolute Gasteiger partial charge is 0.508 e. The molecule has 1 aliphatic heterocycles. The lowest BCUT2D eigenvalue weighted by atomic mass is 10.1. The van der Waals surface area contributed by atoms with Crippen molar-refractivity contribution < 1.29 is 24.5 Å². The van der Waals surface area contributed by atoms with Gasteiger partial charge in [-0.3, -0.25) is 10.2 Å². The second-order valence-corrected chi connectivity index (χ2v) is 10.7. The average molecular weight is 557 g/mol. The number of carboxylic acid groups (broad SMARTS) is 1. The van der Waals surface area contributed by atoms with E-state index in [0.29, 0.717) is 56.3 Å². The summed E-state index contributed by atoms with van der Waals surface area (Å²) >= 11 is 2.62. The highest BCUT2D eigenvalue weighted by Crippen LogP contribution is 2.40. The Morgan fingerprint density at radius 1 is 0.974 bits per heavy atom. The van der Waals surface area contributed by atoms with E-state index >= 15 is 0 Å². The van der Waals surface area contributed by atoms with Gasteiger partial charge in [-0.05, 0) is 35.9 Å². The van der Waals surface area contributed by atoms with Crippen molar-refractivity contribution in [1.29, 1.82) is 0 Å². The summed E-state index contributed by atoms with van der Waals surface area (Å²) in [5.74, 6) is -0.682. The molecular weight excluding hydrogens is 536 g/mol. The number of hydrogen-bond acceptors (Lipinski definition) is 8. The normalized spacial score (nSPS) is 12.6. The van der Waals surface area contributed by atoms with Gasteiger partial charge in [0.15, 0.2) is 10.8 Å². The smallest absolute Gasteiger partial charge is 0.356 e. The Hall–Kier alpha value is -4.74. The van der Waals surface area contributed by atoms with E-state index in [4.69, 9.17) is 4.74 Å². The summed E-state index contributed by atoms with van der Waals surface area (Å²) in [6, 6.07) is 19.4. The highest BCUT2D eigenvalue weighted by Gasteiger charge is 2.27. The van der Waals surface area contributed by atoms with Gasteiger partial charge in [-0.2, -0.15) is 0 Å². The van der Waals surface area contributed by atoms with Crippen molar-refractivity contribution in [2.75, 3.05) is 23.4 Å². The van der Waals surface area contributed by atoms with Crippen LogP contribution in [0.15, 0.2) is 73.3 Å². The van der Waals surface area contributed by atoms with Crippen LogP contribution in [0, 0.1) is 0 Å². The number of carboxylic acids is 1. The number of thiazole rings is 2. The molecule has 194 valence electrons. The molecule has 3 N–H and O–H groups in total. The van der Waals surface area contributed by atoms with Gasteiger partial charge in [0.1, 0.15) is 23.1 Å². The molecule has 0 atom stereocenters. The number of aromatic carboxylic acids is 1. The van der Waals surface area contributed by atoms with Crippen LogP contribution in [-0.4, -0.2) is 45.3 Å². The second-order valence-electron chi connectivity index (χ2n) is 8.63. The standard InChI is InChI=1S/C28H20N4O5S2/c1-15(33)16-6-8-17(9-7-16)24-23(26(34)35)30-25(39-24)18-10-11-21-20(14-18)32(12-13-37-21)28(36)31-27-29-19-4-2-3-5-22(19)38-27/h2-11,14,33H,1,12-13H2,(H,34,35)(H,29,31,36). The quantitative estimate of drug-likeness (QED) is 0.205. The highest BCUT2D eigenvalue weighted by atomic mass is 32.1. The number of ether oxygens (including phenoxy) is 1. The van der Waals surface area contributed by atoms with E-state index in [1.165, 1.54) is 22.7 Å². The van der Waals surface area contributed by atoms with Crippen molar-refractivity contribution in [2.24, 2.45) is 0 Å². The number of hydrogen-bond donors (Lipinski definition) is 3. The first-order valence-corrected chi connectivity index (χ1v) is 13.4. The number of aromatic nitrogens is 2. The maximum Gasteiger partial charge on any atom is 0.356 e. The Bertz CT molecular complexity index is 1730. The lowest BCUT2D eigenvalue weighted by molar-refractivity contribution is 0.0692. The first kappa shape index (κ1) is 24.6. The van der Waals surface area contributed by atoms with E-state index in [0.717, 1.165) is 10.2 Å². The van der Waals surface area contributed by atoms with Crippen molar-refractivity contribution in [2.45, 2.75) is 0 Å². The Labute approximate surface area is 230 Å². The Kier molecular flexibility index (Phi) is 6.21. The van der Waals surface area contributed by atoms with Crippen molar-refractivity contribution in [3.63, 3.8) is 0 Å². The van der Waals surface area contributed by atoms with Gasteiger partial charge in [0.2, 0.25) is 0 Å². The minimum absolute atomic E-state index is 0.0713. The van der Waals surface area contributed by atoms with E-state index in [9.17, 15) is 19.8 Å². The monoisotopic (exact) mass is 556 g/mol. The molecule has 39 heavy (non-hydrogen) atoms. The molecule has 6 rings (SSSR count). The first-order valence-electron chi connectivity index (χ1n) is 11.8. The lowest BCUT2D eigenvalue weighted by Gasteiger charge is -2.29. The number of benzene rings is 3. The zero-order chi connectivity index (χ0) is 27.1. The minimum atomic E-state index is -1.15. The van der Waals surface area contributed by atoms with Gasteiger partial charge < -0.3 is 14.9 Å². The number of rotatable bonds is 5. The van der Waals surface area contributed by atoms with Crippen LogP contribution < -0.4 is 15.0 Å². The number of nitrogens with zero attached hydrogens (tertiary/aromatic N) is 3. The molecule has 3 heterocycles. The van der Waals surface area contributed by atoms with Gasteiger partial charge in [0.25, 0.3) is 0 Å². The molecule has 9 nitrogen and oxygen atoms in total. The fraction of sp³-hybridized carbons (Fsp3) is 0.0714. The molecule has 11 heteroatoms. The van der Waals surface area contributed by atoms with Crippen molar-refractivity contribution in [3.05, 3.63) is 84.6 Å². The first-order chi connectivity index (χ1) is 18.9. The van der Waals surface area contributed by atoms with E-state index in [-0.39, 0.29) is 17.5 Å². The summed E-state index contributed by atoms with van der Waals surface area (Å²) in [4.78, 5) is 36.3. The number of para-hydroxylation sites is 1. The zero-order valence-electron chi connectivity index (χ0n) is 20.2. The molecule has 0 bridgehead atoms. The topological polar surface area (TPSA) is 125 Å². The predicted octanol–water partition coefficient (Wildman–Crippen LogP) is 6.74. The van der Waals surface area contributed by atoms with Crippen molar-refractivity contribution >= 4 is 61.5 Å². The summed E-state index contributed by atoms with van der Waals surface area (Å²) in [5.41, 5.74) is 3.13. The van der Waals surface area contributed by atoms with Crippen LogP contribution in [0.4, 0.5) is 15.6 Å². The Morgan fingerprint density at radius 2 is 1.74 bits per heavy atom. The molecule has 0 saturated heterocycles. The van der Waals surface area contributed by atoms with Crippen LogP contribution in [0.3, 0.4) is 0 Å². The minimum Gasteiger partial charge on any atom is -0.508 e. The van der Waals surface area contributed by atoms with E-state index in [2.05, 4.69) is 21.9 Å². The summed E-state index contributed by atoms with van der Waals surface area (Å²) in [5, 5.41) is 23.3. The number of amides is 2. The number of urea groups is 1. The van der Waals surface area contributed by atoms with E-state index in [1.54, 1.807) is 47.4 Å². The molecule has 0 saturated carbocycles. The molecule has 0 spiro atoms. The Balaban J connectivity index is 1.33. The van der Waals surface area contributed by atoms with Gasteiger partial charge in [0, 0.05) is 11.1 Å². The molecule has 0 aliphatic carbocycles. The van der Waals surface area contributed by atoms with Gasteiger partial charge >= 0.3 is 12.0 Å². The fourth-order valence-electron chi connectivity index (χ4n) is 4.24. The van der Waals surface area contributed by atoms with Gasteiger partial charge in [-0.15, -0.1) is 11.3 Å². The third kappa shape index (κ3) is 4.69.